The number of nitrogens with zero attached hydrogens (tertiary/aromatic N) is 2. The zero-order valence-electron chi connectivity index (χ0n) is 12.6. The normalized spacial score (nSPS) is 13.2. The van der Waals surface area contributed by atoms with Crippen molar-refractivity contribution in [2.24, 2.45) is 11.8 Å². The average molecular weight is 275 g/mol. The van der Waals surface area contributed by atoms with E-state index in [-0.39, 0.29) is 12.5 Å². The summed E-state index contributed by atoms with van der Waals surface area (Å²) in [6.45, 7) is 9.34. The van der Waals surface area contributed by atoms with Crippen LogP contribution in [0.2, 0.25) is 0 Å². The Balaban J connectivity index is 2.21. The summed E-state index contributed by atoms with van der Waals surface area (Å²) in [5, 5.41) is 13.9. The van der Waals surface area contributed by atoms with Crippen molar-refractivity contribution in [3.63, 3.8) is 0 Å². The van der Waals surface area contributed by atoms with E-state index in [9.17, 15) is 5.11 Å². The van der Waals surface area contributed by atoms with E-state index in [0.717, 1.165) is 25.3 Å². The van der Waals surface area contributed by atoms with Gasteiger partial charge in [-0.3, -0.25) is 0 Å². The lowest BCUT2D eigenvalue weighted by Crippen LogP contribution is -2.18. The van der Waals surface area contributed by atoms with Crippen LogP contribution in [0.15, 0.2) is 24.5 Å². The van der Waals surface area contributed by atoms with E-state index in [1.165, 1.54) is 10.9 Å². The summed E-state index contributed by atoms with van der Waals surface area (Å²) < 4.78 is 2.16. The van der Waals surface area contributed by atoms with Crippen molar-refractivity contribution < 1.29 is 5.11 Å². The Morgan fingerprint density at radius 2 is 2.15 bits per heavy atom. The highest BCUT2D eigenvalue weighted by Gasteiger charge is 2.11. The Labute approximate surface area is 120 Å². The van der Waals surface area contributed by atoms with Gasteiger partial charge in [-0.1, -0.05) is 20.8 Å². The van der Waals surface area contributed by atoms with Crippen molar-refractivity contribution in [3.8, 4) is 0 Å². The number of hydrogen-bond acceptors (Lipinski definition) is 3. The van der Waals surface area contributed by atoms with Gasteiger partial charge in [0.15, 0.2) is 0 Å². The molecule has 2 rings (SSSR count). The number of aromatic nitrogens is 2. The number of aliphatic hydroxyl groups excluding tert-OH is 1. The fraction of sp³-hybridized carbons (Fsp3) is 0.562. The highest BCUT2D eigenvalue weighted by atomic mass is 16.3. The van der Waals surface area contributed by atoms with Crippen LogP contribution in [0.25, 0.3) is 11.0 Å². The molecule has 0 aliphatic carbocycles. The standard InChI is InChI=1S/C16H25N3O/c1-12(2)7-17-8-14-10-19(9-13(3)11-20)16-15(14)5-4-6-18-16/h4-6,10,12-13,17,20H,7-9,11H2,1-3H3. The van der Waals surface area contributed by atoms with Crippen molar-refractivity contribution in [2.45, 2.75) is 33.9 Å². The molecule has 0 fully saturated rings. The highest BCUT2D eigenvalue weighted by molar-refractivity contribution is 5.80. The molecular formula is C16H25N3O. The number of fused-ring (bicyclic) bond motifs is 1. The Morgan fingerprint density at radius 1 is 1.35 bits per heavy atom. The van der Waals surface area contributed by atoms with Crippen molar-refractivity contribution in [1.82, 2.24) is 14.9 Å². The summed E-state index contributed by atoms with van der Waals surface area (Å²) in [6, 6.07) is 4.10. The van der Waals surface area contributed by atoms with Gasteiger partial charge >= 0.3 is 0 Å². The van der Waals surface area contributed by atoms with Gasteiger partial charge in [-0.2, -0.15) is 0 Å². The Kier molecular flexibility index (Phi) is 5.15. The van der Waals surface area contributed by atoms with E-state index in [4.69, 9.17) is 0 Å². The Hall–Kier alpha value is -1.39. The minimum absolute atomic E-state index is 0.202. The molecule has 2 aromatic heterocycles. The van der Waals surface area contributed by atoms with Crippen LogP contribution in [-0.2, 0) is 13.1 Å². The van der Waals surface area contributed by atoms with Gasteiger partial charge < -0.3 is 15.0 Å². The maximum absolute atomic E-state index is 9.23. The van der Waals surface area contributed by atoms with Crippen LogP contribution in [0.3, 0.4) is 0 Å². The SMILES string of the molecule is CC(C)CNCc1cn(CC(C)CO)c2ncccc12. The molecule has 1 unspecified atom stereocenters. The number of nitrogens with one attached hydrogen (secondary N) is 1. The lowest BCUT2D eigenvalue weighted by Gasteiger charge is -2.09. The predicted molar refractivity (Wildman–Crippen MR) is 82.5 cm³/mol. The minimum Gasteiger partial charge on any atom is -0.396 e. The summed E-state index contributed by atoms with van der Waals surface area (Å²) in [4.78, 5) is 4.49. The lowest BCUT2D eigenvalue weighted by atomic mass is 10.2. The van der Waals surface area contributed by atoms with E-state index >= 15 is 0 Å². The van der Waals surface area contributed by atoms with Crippen LogP contribution in [0, 0.1) is 11.8 Å². The first-order valence-corrected chi connectivity index (χ1v) is 7.36. The molecule has 0 aliphatic rings. The van der Waals surface area contributed by atoms with Gasteiger partial charge in [0.1, 0.15) is 5.65 Å². The van der Waals surface area contributed by atoms with Crippen molar-refractivity contribution in [1.29, 1.82) is 0 Å². The maximum atomic E-state index is 9.23. The summed E-state index contributed by atoms with van der Waals surface area (Å²) in [5.41, 5.74) is 2.29. The minimum atomic E-state index is 0.202. The molecule has 0 radical (unpaired) electrons. The second-order valence-electron chi connectivity index (χ2n) is 5.99. The fourth-order valence-electron chi connectivity index (χ4n) is 2.36. The molecule has 2 aromatic rings. The molecular weight excluding hydrogens is 250 g/mol. The van der Waals surface area contributed by atoms with Gasteiger partial charge in [0.2, 0.25) is 0 Å². The molecule has 0 aromatic carbocycles. The van der Waals surface area contributed by atoms with Crippen LogP contribution in [0.5, 0.6) is 0 Å². The zero-order chi connectivity index (χ0) is 14.5. The van der Waals surface area contributed by atoms with Crippen molar-refractivity contribution in [3.05, 3.63) is 30.1 Å². The molecule has 0 saturated heterocycles. The molecule has 0 spiro atoms. The first-order valence-electron chi connectivity index (χ1n) is 7.36. The van der Waals surface area contributed by atoms with E-state index < -0.39 is 0 Å². The third kappa shape index (κ3) is 3.58. The van der Waals surface area contributed by atoms with Crippen molar-refractivity contribution in [2.75, 3.05) is 13.2 Å². The first-order chi connectivity index (χ1) is 9.61. The Bertz CT molecular complexity index is 548. The largest absolute Gasteiger partial charge is 0.396 e. The number of hydrogen-bond donors (Lipinski definition) is 2. The van der Waals surface area contributed by atoms with Gasteiger partial charge in [-0.05, 0) is 36.1 Å². The highest BCUT2D eigenvalue weighted by Crippen LogP contribution is 2.20. The topological polar surface area (TPSA) is 50.1 Å². The monoisotopic (exact) mass is 275 g/mol. The number of pyridine rings is 1. The molecule has 20 heavy (non-hydrogen) atoms. The molecule has 0 amide bonds. The second kappa shape index (κ2) is 6.86. The van der Waals surface area contributed by atoms with Crippen LogP contribution in [0.1, 0.15) is 26.3 Å². The van der Waals surface area contributed by atoms with Crippen LogP contribution in [-0.4, -0.2) is 27.8 Å². The quantitative estimate of drug-likeness (QED) is 0.816. The lowest BCUT2D eigenvalue weighted by molar-refractivity contribution is 0.224. The van der Waals surface area contributed by atoms with Crippen LogP contribution < -0.4 is 5.32 Å². The van der Waals surface area contributed by atoms with E-state index in [0.29, 0.717) is 5.92 Å². The fourth-order valence-corrected chi connectivity index (χ4v) is 2.36. The first kappa shape index (κ1) is 15.0. The van der Waals surface area contributed by atoms with Crippen molar-refractivity contribution >= 4 is 11.0 Å². The molecule has 4 heteroatoms. The number of rotatable bonds is 7. The molecule has 0 bridgehead atoms. The summed E-state index contributed by atoms with van der Waals surface area (Å²) in [5.74, 6) is 0.889. The van der Waals surface area contributed by atoms with Gasteiger partial charge in [0.05, 0.1) is 0 Å². The summed E-state index contributed by atoms with van der Waals surface area (Å²) in [7, 11) is 0. The summed E-state index contributed by atoms with van der Waals surface area (Å²) >= 11 is 0. The molecule has 2 heterocycles. The molecule has 1 atom stereocenters. The van der Waals surface area contributed by atoms with Gasteiger partial charge in [0, 0.05) is 37.5 Å². The second-order valence-corrected chi connectivity index (χ2v) is 5.99. The third-order valence-electron chi connectivity index (χ3n) is 3.40. The predicted octanol–water partition coefficient (Wildman–Crippen LogP) is 2.41. The molecule has 4 nitrogen and oxygen atoms in total. The van der Waals surface area contributed by atoms with Gasteiger partial charge in [-0.15, -0.1) is 0 Å². The van der Waals surface area contributed by atoms with Gasteiger partial charge in [0.25, 0.3) is 0 Å². The van der Waals surface area contributed by atoms with E-state index in [1.54, 1.807) is 0 Å². The molecule has 110 valence electrons. The Morgan fingerprint density at radius 3 is 2.85 bits per heavy atom. The molecule has 0 saturated carbocycles. The smallest absolute Gasteiger partial charge is 0.140 e. The average Bonchev–Trinajstić information content (AvgIpc) is 2.77. The van der Waals surface area contributed by atoms with Crippen LogP contribution >= 0.6 is 0 Å². The number of aliphatic hydroxyl groups is 1. The molecule has 0 aliphatic heterocycles. The van der Waals surface area contributed by atoms with Gasteiger partial charge in [-0.25, -0.2) is 4.98 Å². The molecule has 2 N–H and O–H groups in total. The van der Waals surface area contributed by atoms with Crippen LogP contribution in [0.4, 0.5) is 0 Å². The maximum Gasteiger partial charge on any atom is 0.140 e. The van der Waals surface area contributed by atoms with E-state index in [1.807, 2.05) is 19.2 Å². The van der Waals surface area contributed by atoms with E-state index in [2.05, 4.69) is 41.0 Å². The summed E-state index contributed by atoms with van der Waals surface area (Å²) in [6.07, 6.45) is 3.99. The zero-order valence-corrected chi connectivity index (χ0v) is 12.6. The third-order valence-corrected chi connectivity index (χ3v) is 3.40.